The molecule has 0 radical (unpaired) electrons. The molecule has 0 aliphatic carbocycles. The number of hydrazone groups is 1. The smallest absolute Gasteiger partial charge is 0.277 e. The van der Waals surface area contributed by atoms with Crippen molar-refractivity contribution >= 4 is 46.9 Å². The Kier molecular flexibility index (Phi) is 6.07. The van der Waals surface area contributed by atoms with Crippen molar-refractivity contribution in [2.45, 2.75) is 0 Å². The number of halogens is 3. The summed E-state index contributed by atoms with van der Waals surface area (Å²) in [4.78, 5) is 11.6. The molecule has 114 valence electrons. The Bertz CT molecular complexity index is 705. The molecule has 0 saturated heterocycles. The fraction of sp³-hybridized carbons (Fsp3) is 0.0667. The van der Waals surface area contributed by atoms with E-state index in [9.17, 15) is 4.79 Å². The zero-order chi connectivity index (χ0) is 15.9. The minimum absolute atomic E-state index is 0.229. The maximum atomic E-state index is 11.6. The molecule has 0 saturated carbocycles. The lowest BCUT2D eigenvalue weighted by molar-refractivity contribution is -0.123. The Hall–Kier alpha value is -1.75. The lowest BCUT2D eigenvalue weighted by Gasteiger charge is -2.07. The molecule has 0 unspecified atom stereocenters. The van der Waals surface area contributed by atoms with Crippen molar-refractivity contribution in [2.24, 2.45) is 5.10 Å². The summed E-state index contributed by atoms with van der Waals surface area (Å²) in [6, 6.07) is 11.8. The molecular formula is C15H11Cl3N2O2. The van der Waals surface area contributed by atoms with Gasteiger partial charge in [-0.1, -0.05) is 46.9 Å². The molecule has 4 nitrogen and oxygen atoms in total. The molecule has 0 heterocycles. The van der Waals surface area contributed by atoms with Crippen LogP contribution in [0, 0.1) is 0 Å². The highest BCUT2D eigenvalue weighted by Crippen LogP contribution is 2.27. The molecule has 0 aliphatic heterocycles. The third-order valence-corrected chi connectivity index (χ3v) is 3.29. The molecule has 0 aliphatic rings. The van der Waals surface area contributed by atoms with Crippen LogP contribution in [0.5, 0.6) is 5.75 Å². The van der Waals surface area contributed by atoms with E-state index in [0.717, 1.165) is 5.56 Å². The predicted molar refractivity (Wildman–Crippen MR) is 89.1 cm³/mol. The second-order valence-electron chi connectivity index (χ2n) is 4.21. The Morgan fingerprint density at radius 1 is 1.14 bits per heavy atom. The summed E-state index contributed by atoms with van der Waals surface area (Å²) in [5.41, 5.74) is 3.11. The summed E-state index contributed by atoms with van der Waals surface area (Å²) in [6.45, 7) is -0.229. The van der Waals surface area contributed by atoms with Crippen LogP contribution in [0.4, 0.5) is 0 Å². The second-order valence-corrected chi connectivity index (χ2v) is 5.49. The standard InChI is InChI=1S/C15H11Cl3N2O2/c16-11-3-1-2-10(6-11)8-19-20-15(21)9-22-14-7-12(17)4-5-13(14)18/h1-8H,9H2,(H,20,21)/b19-8+. The molecule has 0 bridgehead atoms. The number of rotatable bonds is 5. The van der Waals surface area contributed by atoms with Crippen LogP contribution in [-0.4, -0.2) is 18.7 Å². The molecule has 1 N–H and O–H groups in total. The van der Waals surface area contributed by atoms with E-state index in [-0.39, 0.29) is 6.61 Å². The van der Waals surface area contributed by atoms with E-state index >= 15 is 0 Å². The van der Waals surface area contributed by atoms with Crippen molar-refractivity contribution in [3.63, 3.8) is 0 Å². The Morgan fingerprint density at radius 2 is 1.91 bits per heavy atom. The van der Waals surface area contributed by atoms with E-state index in [0.29, 0.717) is 20.8 Å². The number of ether oxygens (including phenoxy) is 1. The van der Waals surface area contributed by atoms with Crippen LogP contribution in [0.3, 0.4) is 0 Å². The van der Waals surface area contributed by atoms with Crippen molar-refractivity contribution in [2.75, 3.05) is 6.61 Å². The van der Waals surface area contributed by atoms with Crippen LogP contribution >= 0.6 is 34.8 Å². The number of benzene rings is 2. The lowest BCUT2D eigenvalue weighted by Crippen LogP contribution is -2.24. The molecular weight excluding hydrogens is 347 g/mol. The molecule has 0 aromatic heterocycles. The van der Waals surface area contributed by atoms with E-state index in [2.05, 4.69) is 10.5 Å². The molecule has 0 atom stereocenters. The minimum Gasteiger partial charge on any atom is -0.482 e. The molecule has 1 amide bonds. The van der Waals surface area contributed by atoms with Gasteiger partial charge in [0.15, 0.2) is 6.61 Å². The number of carbonyl (C=O) groups excluding carboxylic acids is 1. The van der Waals surface area contributed by atoms with Gasteiger partial charge in [-0.05, 0) is 29.8 Å². The molecule has 2 aromatic carbocycles. The number of hydrogen-bond donors (Lipinski definition) is 1. The number of nitrogens with zero attached hydrogens (tertiary/aromatic N) is 1. The van der Waals surface area contributed by atoms with Crippen LogP contribution < -0.4 is 10.2 Å². The number of amides is 1. The van der Waals surface area contributed by atoms with Gasteiger partial charge in [0.05, 0.1) is 11.2 Å². The monoisotopic (exact) mass is 356 g/mol. The van der Waals surface area contributed by atoms with Crippen molar-refractivity contribution in [1.82, 2.24) is 5.43 Å². The third kappa shape index (κ3) is 5.22. The van der Waals surface area contributed by atoms with Crippen molar-refractivity contribution in [1.29, 1.82) is 0 Å². The first kappa shape index (κ1) is 16.6. The molecule has 0 spiro atoms. The normalized spacial score (nSPS) is 10.7. The van der Waals surface area contributed by atoms with Crippen LogP contribution in [0.15, 0.2) is 47.6 Å². The summed E-state index contributed by atoms with van der Waals surface area (Å²) in [7, 11) is 0. The number of carbonyl (C=O) groups is 1. The van der Waals surface area contributed by atoms with E-state index in [1.54, 1.807) is 30.3 Å². The highest BCUT2D eigenvalue weighted by Gasteiger charge is 2.06. The molecule has 22 heavy (non-hydrogen) atoms. The summed E-state index contributed by atoms with van der Waals surface area (Å²) < 4.78 is 5.28. The molecule has 7 heteroatoms. The van der Waals surface area contributed by atoms with E-state index in [1.807, 2.05) is 6.07 Å². The van der Waals surface area contributed by atoms with Gasteiger partial charge in [0, 0.05) is 16.1 Å². The van der Waals surface area contributed by atoms with Gasteiger partial charge in [-0.15, -0.1) is 0 Å². The lowest BCUT2D eigenvalue weighted by atomic mass is 10.2. The van der Waals surface area contributed by atoms with Gasteiger partial charge in [-0.3, -0.25) is 4.79 Å². The van der Waals surface area contributed by atoms with Gasteiger partial charge in [-0.2, -0.15) is 5.10 Å². The Morgan fingerprint density at radius 3 is 2.68 bits per heavy atom. The predicted octanol–water partition coefficient (Wildman–Crippen LogP) is 4.18. The molecule has 2 rings (SSSR count). The topological polar surface area (TPSA) is 50.7 Å². The average molecular weight is 358 g/mol. The number of nitrogens with one attached hydrogen (secondary N) is 1. The van der Waals surface area contributed by atoms with E-state index in [4.69, 9.17) is 39.5 Å². The Labute approximate surface area is 142 Å². The van der Waals surface area contributed by atoms with Gasteiger partial charge in [-0.25, -0.2) is 5.43 Å². The van der Waals surface area contributed by atoms with Crippen molar-refractivity contribution in [3.05, 3.63) is 63.1 Å². The van der Waals surface area contributed by atoms with Gasteiger partial charge < -0.3 is 4.74 Å². The highest BCUT2D eigenvalue weighted by atomic mass is 35.5. The SMILES string of the molecule is O=C(COc1cc(Cl)ccc1Cl)N/N=C/c1cccc(Cl)c1. The van der Waals surface area contributed by atoms with E-state index in [1.165, 1.54) is 12.3 Å². The van der Waals surface area contributed by atoms with Crippen LogP contribution in [0.25, 0.3) is 0 Å². The zero-order valence-electron chi connectivity index (χ0n) is 11.2. The van der Waals surface area contributed by atoms with Crippen molar-refractivity contribution < 1.29 is 9.53 Å². The van der Waals surface area contributed by atoms with Gasteiger partial charge in [0.1, 0.15) is 5.75 Å². The summed E-state index contributed by atoms with van der Waals surface area (Å²) in [5, 5.41) is 5.25. The summed E-state index contributed by atoms with van der Waals surface area (Å²) in [5.74, 6) is -0.0857. The number of hydrogen-bond acceptors (Lipinski definition) is 3. The average Bonchev–Trinajstić information content (AvgIpc) is 2.48. The van der Waals surface area contributed by atoms with Crippen LogP contribution in [0.1, 0.15) is 5.56 Å². The maximum Gasteiger partial charge on any atom is 0.277 e. The van der Waals surface area contributed by atoms with Crippen LogP contribution in [0.2, 0.25) is 15.1 Å². The fourth-order valence-corrected chi connectivity index (χ4v) is 2.06. The van der Waals surface area contributed by atoms with E-state index < -0.39 is 5.91 Å². The Balaban J connectivity index is 1.84. The first-order chi connectivity index (χ1) is 10.5. The third-order valence-electron chi connectivity index (χ3n) is 2.50. The molecule has 0 fully saturated rings. The zero-order valence-corrected chi connectivity index (χ0v) is 13.5. The highest BCUT2D eigenvalue weighted by molar-refractivity contribution is 6.34. The first-order valence-electron chi connectivity index (χ1n) is 6.20. The second kappa shape index (κ2) is 8.03. The largest absolute Gasteiger partial charge is 0.482 e. The summed E-state index contributed by atoms with van der Waals surface area (Å²) in [6.07, 6.45) is 1.48. The fourth-order valence-electron chi connectivity index (χ4n) is 1.53. The maximum absolute atomic E-state index is 11.6. The van der Waals surface area contributed by atoms with Crippen molar-refractivity contribution in [3.8, 4) is 5.75 Å². The van der Waals surface area contributed by atoms with Gasteiger partial charge in [0.25, 0.3) is 5.91 Å². The quantitative estimate of drug-likeness (QED) is 0.645. The van der Waals surface area contributed by atoms with Gasteiger partial charge in [0.2, 0.25) is 0 Å². The van der Waals surface area contributed by atoms with Gasteiger partial charge >= 0.3 is 0 Å². The summed E-state index contributed by atoms with van der Waals surface area (Å²) >= 11 is 17.6. The first-order valence-corrected chi connectivity index (χ1v) is 7.33. The molecule has 2 aromatic rings. The minimum atomic E-state index is -0.422. The van der Waals surface area contributed by atoms with Crippen LogP contribution in [-0.2, 0) is 4.79 Å².